The van der Waals surface area contributed by atoms with Crippen molar-refractivity contribution in [2.24, 2.45) is 0 Å². The van der Waals surface area contributed by atoms with Crippen LogP contribution in [-0.4, -0.2) is 29.0 Å². The second-order valence-electron chi connectivity index (χ2n) is 5.92. The van der Waals surface area contributed by atoms with E-state index in [-0.39, 0.29) is 31.2 Å². The molecule has 0 atom stereocenters. The Morgan fingerprint density at radius 3 is 2.74 bits per heavy atom. The van der Waals surface area contributed by atoms with Crippen molar-refractivity contribution in [3.05, 3.63) is 59.9 Å². The van der Waals surface area contributed by atoms with Crippen LogP contribution in [0.25, 0.3) is 11.0 Å². The molecule has 1 amide bonds. The number of halogens is 3. The summed E-state index contributed by atoms with van der Waals surface area (Å²) in [6.45, 7) is 0.285. The second-order valence-corrected chi connectivity index (χ2v) is 5.92. The molecule has 1 aromatic heterocycles. The van der Waals surface area contributed by atoms with Crippen molar-refractivity contribution in [2.45, 2.75) is 19.0 Å². The second kappa shape index (κ2) is 8.11. The normalized spacial score (nSPS) is 11.5. The van der Waals surface area contributed by atoms with E-state index in [0.29, 0.717) is 6.42 Å². The predicted octanol–water partition coefficient (Wildman–Crippen LogP) is 3.71. The Labute approximate surface area is 153 Å². The van der Waals surface area contributed by atoms with Crippen LogP contribution in [0.3, 0.4) is 0 Å². The highest BCUT2D eigenvalue weighted by atomic mass is 19.4. The number of hydrogen-bond acceptors (Lipinski definition) is 3. The molecule has 0 radical (unpaired) electrons. The zero-order valence-corrected chi connectivity index (χ0v) is 14.3. The number of nitrogens with one attached hydrogen (secondary N) is 2. The third-order valence-electron chi connectivity index (χ3n) is 3.88. The summed E-state index contributed by atoms with van der Waals surface area (Å²) in [5, 5.41) is 2.67. The van der Waals surface area contributed by atoms with Crippen LogP contribution in [0.5, 0.6) is 5.75 Å². The van der Waals surface area contributed by atoms with Gasteiger partial charge in [0.15, 0.2) is 0 Å². The fraction of sp³-hybridized carbons (Fsp3) is 0.263. The van der Waals surface area contributed by atoms with Crippen LogP contribution in [-0.2, 0) is 17.4 Å². The number of aromatic nitrogens is 2. The van der Waals surface area contributed by atoms with Crippen LogP contribution < -0.4 is 10.1 Å². The zero-order chi connectivity index (χ0) is 19.3. The van der Waals surface area contributed by atoms with E-state index in [4.69, 9.17) is 4.74 Å². The Hall–Kier alpha value is -3.03. The van der Waals surface area contributed by atoms with Crippen LogP contribution in [0.4, 0.5) is 13.2 Å². The number of aryl methyl sites for hydroxylation is 1. The van der Waals surface area contributed by atoms with Gasteiger partial charge in [0.2, 0.25) is 5.91 Å². The summed E-state index contributed by atoms with van der Waals surface area (Å²) >= 11 is 0. The first-order chi connectivity index (χ1) is 12.9. The summed E-state index contributed by atoms with van der Waals surface area (Å²) in [5.41, 5.74) is 1.000. The highest BCUT2D eigenvalue weighted by molar-refractivity contribution is 5.77. The molecule has 1 heterocycles. The standard InChI is InChI=1S/C19H18F3N3O2/c20-19(21,22)13-4-3-5-14(12-13)27-11-10-23-18(26)9-8-17-24-15-6-1-2-7-16(15)25-17/h1-7,12H,8-11H2,(H,23,26)(H,24,25). The number of para-hydroxylation sites is 2. The molecule has 3 rings (SSSR count). The van der Waals surface area contributed by atoms with E-state index in [2.05, 4.69) is 15.3 Å². The number of H-pyrrole nitrogens is 1. The minimum Gasteiger partial charge on any atom is -0.492 e. The van der Waals surface area contributed by atoms with Gasteiger partial charge in [-0.25, -0.2) is 4.98 Å². The van der Waals surface area contributed by atoms with Crippen LogP contribution in [0.15, 0.2) is 48.5 Å². The third kappa shape index (κ3) is 5.22. The van der Waals surface area contributed by atoms with E-state index in [9.17, 15) is 18.0 Å². The molecule has 0 fully saturated rings. The predicted molar refractivity (Wildman–Crippen MR) is 94.4 cm³/mol. The first-order valence-electron chi connectivity index (χ1n) is 8.42. The molecule has 142 valence electrons. The Kier molecular flexibility index (Phi) is 5.63. The van der Waals surface area contributed by atoms with E-state index in [0.717, 1.165) is 29.0 Å². The van der Waals surface area contributed by atoms with Crippen molar-refractivity contribution in [3.63, 3.8) is 0 Å². The van der Waals surface area contributed by atoms with Crippen molar-refractivity contribution in [3.8, 4) is 5.75 Å². The number of nitrogens with zero attached hydrogens (tertiary/aromatic N) is 1. The Balaban J connectivity index is 1.39. The minimum absolute atomic E-state index is 0.0810. The van der Waals surface area contributed by atoms with Gasteiger partial charge in [-0.1, -0.05) is 18.2 Å². The van der Waals surface area contributed by atoms with Crippen molar-refractivity contribution < 1.29 is 22.7 Å². The van der Waals surface area contributed by atoms with Gasteiger partial charge in [-0.2, -0.15) is 13.2 Å². The number of rotatable bonds is 7. The van der Waals surface area contributed by atoms with Gasteiger partial charge in [0, 0.05) is 12.8 Å². The molecule has 0 unspecified atom stereocenters. The lowest BCUT2D eigenvalue weighted by Gasteiger charge is -2.10. The average molecular weight is 377 g/mol. The summed E-state index contributed by atoms with van der Waals surface area (Å²) in [6, 6.07) is 12.2. The number of ether oxygens (including phenoxy) is 1. The molecule has 0 aliphatic rings. The monoisotopic (exact) mass is 377 g/mol. The number of fused-ring (bicyclic) bond motifs is 1. The molecule has 0 spiro atoms. The maximum atomic E-state index is 12.6. The Morgan fingerprint density at radius 1 is 1.15 bits per heavy atom. The lowest BCUT2D eigenvalue weighted by atomic mass is 10.2. The number of carbonyl (C=O) groups is 1. The molecular weight excluding hydrogens is 359 g/mol. The molecule has 0 saturated heterocycles. The topological polar surface area (TPSA) is 67.0 Å². The summed E-state index contributed by atoms with van der Waals surface area (Å²) in [6.07, 6.45) is -3.69. The average Bonchev–Trinajstić information content (AvgIpc) is 3.06. The number of imidazole rings is 1. The van der Waals surface area contributed by atoms with E-state index in [1.807, 2.05) is 24.3 Å². The largest absolute Gasteiger partial charge is 0.492 e. The van der Waals surface area contributed by atoms with Crippen LogP contribution in [0.2, 0.25) is 0 Å². The smallest absolute Gasteiger partial charge is 0.416 e. The molecule has 5 nitrogen and oxygen atoms in total. The van der Waals surface area contributed by atoms with Gasteiger partial charge in [-0.3, -0.25) is 4.79 Å². The number of benzene rings is 2. The fourth-order valence-electron chi connectivity index (χ4n) is 2.57. The molecule has 0 bridgehead atoms. The summed E-state index contributed by atoms with van der Waals surface area (Å²) in [5.74, 6) is 0.663. The molecule has 0 saturated carbocycles. The summed E-state index contributed by atoms with van der Waals surface area (Å²) in [7, 11) is 0. The number of hydrogen-bond donors (Lipinski definition) is 2. The highest BCUT2D eigenvalue weighted by Gasteiger charge is 2.30. The molecule has 27 heavy (non-hydrogen) atoms. The molecule has 3 aromatic rings. The van der Waals surface area contributed by atoms with Crippen LogP contribution >= 0.6 is 0 Å². The molecule has 2 N–H and O–H groups in total. The van der Waals surface area contributed by atoms with Crippen molar-refractivity contribution >= 4 is 16.9 Å². The van der Waals surface area contributed by atoms with E-state index in [1.54, 1.807) is 0 Å². The van der Waals surface area contributed by atoms with Gasteiger partial charge in [0.05, 0.1) is 23.1 Å². The third-order valence-corrected chi connectivity index (χ3v) is 3.88. The molecular formula is C19H18F3N3O2. The zero-order valence-electron chi connectivity index (χ0n) is 14.3. The maximum Gasteiger partial charge on any atom is 0.416 e. The number of carbonyl (C=O) groups excluding carboxylic acids is 1. The lowest BCUT2D eigenvalue weighted by Crippen LogP contribution is -2.28. The first-order valence-corrected chi connectivity index (χ1v) is 8.42. The van der Waals surface area contributed by atoms with Gasteiger partial charge < -0.3 is 15.0 Å². The Bertz CT molecular complexity index is 889. The van der Waals surface area contributed by atoms with Gasteiger partial charge in [0.25, 0.3) is 0 Å². The minimum atomic E-state index is -4.41. The number of alkyl halides is 3. The van der Waals surface area contributed by atoms with E-state index in [1.165, 1.54) is 12.1 Å². The van der Waals surface area contributed by atoms with Crippen molar-refractivity contribution in [2.75, 3.05) is 13.2 Å². The van der Waals surface area contributed by atoms with Gasteiger partial charge in [-0.15, -0.1) is 0 Å². The van der Waals surface area contributed by atoms with Crippen LogP contribution in [0, 0.1) is 0 Å². The van der Waals surface area contributed by atoms with Crippen molar-refractivity contribution in [1.29, 1.82) is 0 Å². The molecule has 2 aromatic carbocycles. The van der Waals surface area contributed by atoms with Gasteiger partial charge >= 0.3 is 6.18 Å². The van der Waals surface area contributed by atoms with Crippen LogP contribution in [0.1, 0.15) is 17.8 Å². The molecule has 8 heteroatoms. The Morgan fingerprint density at radius 2 is 1.96 bits per heavy atom. The first kappa shape index (κ1) is 18.8. The highest BCUT2D eigenvalue weighted by Crippen LogP contribution is 2.31. The lowest BCUT2D eigenvalue weighted by molar-refractivity contribution is -0.137. The number of aromatic amines is 1. The van der Waals surface area contributed by atoms with E-state index >= 15 is 0 Å². The summed E-state index contributed by atoms with van der Waals surface area (Å²) < 4.78 is 43.2. The molecule has 0 aliphatic heterocycles. The number of amides is 1. The van der Waals surface area contributed by atoms with Crippen molar-refractivity contribution in [1.82, 2.24) is 15.3 Å². The maximum absolute atomic E-state index is 12.6. The SMILES string of the molecule is O=C(CCc1nc2ccccc2[nH]1)NCCOc1cccc(C(F)(F)F)c1. The fourth-order valence-corrected chi connectivity index (χ4v) is 2.57. The summed E-state index contributed by atoms with van der Waals surface area (Å²) in [4.78, 5) is 19.4. The van der Waals surface area contributed by atoms with Gasteiger partial charge in [-0.05, 0) is 30.3 Å². The van der Waals surface area contributed by atoms with E-state index < -0.39 is 11.7 Å². The van der Waals surface area contributed by atoms with Gasteiger partial charge in [0.1, 0.15) is 18.2 Å². The molecule has 0 aliphatic carbocycles. The quantitative estimate of drug-likeness (QED) is 0.617.